The molecule has 0 N–H and O–H groups in total. The summed E-state index contributed by atoms with van der Waals surface area (Å²) < 4.78 is 13.6. The second-order valence-electron chi connectivity index (χ2n) is 5.33. The molecule has 0 saturated heterocycles. The minimum absolute atomic E-state index is 0.363. The van der Waals surface area contributed by atoms with E-state index in [-0.39, 0.29) is 5.54 Å². The fourth-order valence-corrected chi connectivity index (χ4v) is 2.13. The molecule has 1 saturated carbocycles. The lowest BCUT2D eigenvalue weighted by Crippen LogP contribution is -2.16. The molecule has 1 fully saturated rings. The van der Waals surface area contributed by atoms with Crippen LogP contribution in [0.25, 0.3) is 0 Å². The van der Waals surface area contributed by atoms with Crippen LogP contribution in [0.2, 0.25) is 0 Å². The highest BCUT2D eigenvalue weighted by molar-refractivity contribution is 5.42. The predicted octanol–water partition coefficient (Wildman–Crippen LogP) is 3.30. The first-order chi connectivity index (χ1) is 7.95. The normalized spacial score (nSPS) is 17.4. The molecule has 1 aromatic carbocycles. The Balaban J connectivity index is 2.26. The Morgan fingerprint density at radius 3 is 2.71 bits per heavy atom. The van der Waals surface area contributed by atoms with Crippen LogP contribution in [0.5, 0.6) is 0 Å². The molecule has 1 aliphatic carbocycles. The summed E-state index contributed by atoms with van der Waals surface area (Å²) in [6, 6.07) is 7.71. The Labute approximate surface area is 101 Å². The maximum atomic E-state index is 13.6. The quantitative estimate of drug-likeness (QED) is 0.579. The van der Waals surface area contributed by atoms with Crippen LogP contribution in [-0.4, -0.2) is 11.7 Å². The first kappa shape index (κ1) is 12.0. The van der Waals surface area contributed by atoms with Crippen molar-refractivity contribution in [2.24, 2.45) is 4.99 Å². The standard InChI is InChI=1S/C14H16FNO/c1-13(2,15)9-11-4-3-5-12(8-11)14(6-7-14)16-10-17/h3-5,8H,6-7,9H2,1-2H3. The van der Waals surface area contributed by atoms with Gasteiger partial charge in [-0.2, -0.15) is 4.99 Å². The minimum Gasteiger partial charge on any atom is -0.244 e. The largest absolute Gasteiger partial charge is 0.244 e. The Hall–Kier alpha value is -1.47. The maximum absolute atomic E-state index is 13.6. The van der Waals surface area contributed by atoms with Gasteiger partial charge in [0, 0.05) is 6.42 Å². The number of hydrogen-bond acceptors (Lipinski definition) is 2. The molecular formula is C14H16FNO. The average molecular weight is 233 g/mol. The van der Waals surface area contributed by atoms with Crippen LogP contribution in [-0.2, 0) is 16.8 Å². The molecule has 0 spiro atoms. The van der Waals surface area contributed by atoms with E-state index in [9.17, 15) is 9.18 Å². The molecule has 0 atom stereocenters. The molecule has 0 amide bonds. The fourth-order valence-electron chi connectivity index (χ4n) is 2.13. The summed E-state index contributed by atoms with van der Waals surface area (Å²) in [6.45, 7) is 3.13. The second-order valence-corrected chi connectivity index (χ2v) is 5.33. The lowest BCUT2D eigenvalue weighted by atomic mass is 9.96. The summed E-state index contributed by atoms with van der Waals surface area (Å²) in [5, 5.41) is 0. The molecular weight excluding hydrogens is 217 g/mol. The van der Waals surface area contributed by atoms with E-state index in [1.807, 2.05) is 24.3 Å². The van der Waals surface area contributed by atoms with Crippen LogP contribution in [0.1, 0.15) is 37.8 Å². The van der Waals surface area contributed by atoms with Crippen LogP contribution in [0.15, 0.2) is 29.3 Å². The van der Waals surface area contributed by atoms with E-state index >= 15 is 0 Å². The number of nitrogens with zero attached hydrogens (tertiary/aromatic N) is 1. The van der Waals surface area contributed by atoms with Gasteiger partial charge in [-0.3, -0.25) is 0 Å². The van der Waals surface area contributed by atoms with Gasteiger partial charge in [-0.1, -0.05) is 24.3 Å². The van der Waals surface area contributed by atoms with Crippen molar-refractivity contribution in [3.8, 4) is 0 Å². The third-order valence-corrected chi connectivity index (χ3v) is 3.07. The molecule has 0 aromatic heterocycles. The fraction of sp³-hybridized carbons (Fsp3) is 0.500. The van der Waals surface area contributed by atoms with E-state index in [0.717, 1.165) is 24.0 Å². The number of isocyanates is 1. The van der Waals surface area contributed by atoms with Crippen LogP contribution >= 0.6 is 0 Å². The highest BCUT2D eigenvalue weighted by Crippen LogP contribution is 2.49. The smallest absolute Gasteiger partial charge is 0.235 e. The van der Waals surface area contributed by atoms with Gasteiger partial charge in [0.15, 0.2) is 0 Å². The molecule has 1 aromatic rings. The topological polar surface area (TPSA) is 29.4 Å². The van der Waals surface area contributed by atoms with Crippen molar-refractivity contribution in [3.63, 3.8) is 0 Å². The van der Waals surface area contributed by atoms with Gasteiger partial charge in [0.05, 0.1) is 5.54 Å². The number of rotatable bonds is 4. The van der Waals surface area contributed by atoms with Crippen molar-refractivity contribution in [2.45, 2.75) is 44.3 Å². The van der Waals surface area contributed by atoms with Gasteiger partial charge in [0.1, 0.15) is 5.67 Å². The van der Waals surface area contributed by atoms with Crippen molar-refractivity contribution < 1.29 is 9.18 Å². The summed E-state index contributed by atoms with van der Waals surface area (Å²) in [5.41, 5.74) is 0.367. The molecule has 0 aliphatic heterocycles. The molecule has 3 heteroatoms. The zero-order valence-electron chi connectivity index (χ0n) is 10.2. The van der Waals surface area contributed by atoms with Gasteiger partial charge in [-0.25, -0.2) is 9.18 Å². The molecule has 2 rings (SSSR count). The summed E-state index contributed by atoms with van der Waals surface area (Å²) in [5.74, 6) is 0. The monoisotopic (exact) mass is 233 g/mol. The van der Waals surface area contributed by atoms with Crippen molar-refractivity contribution in [2.75, 3.05) is 0 Å². The van der Waals surface area contributed by atoms with Crippen molar-refractivity contribution in [1.82, 2.24) is 0 Å². The predicted molar refractivity (Wildman–Crippen MR) is 64.4 cm³/mol. The molecule has 0 radical (unpaired) electrons. The summed E-state index contributed by atoms with van der Waals surface area (Å²) in [6.07, 6.45) is 3.77. The molecule has 0 unspecified atom stereocenters. The van der Waals surface area contributed by atoms with Crippen LogP contribution in [0, 0.1) is 0 Å². The number of halogens is 1. The highest BCUT2D eigenvalue weighted by atomic mass is 19.1. The Bertz CT molecular complexity index is 465. The summed E-state index contributed by atoms with van der Waals surface area (Å²) >= 11 is 0. The van der Waals surface area contributed by atoms with Crippen LogP contribution < -0.4 is 0 Å². The number of alkyl halides is 1. The Morgan fingerprint density at radius 1 is 1.47 bits per heavy atom. The number of aliphatic imine (C=N–C) groups is 1. The molecule has 2 nitrogen and oxygen atoms in total. The van der Waals surface area contributed by atoms with Crippen molar-refractivity contribution >= 4 is 6.08 Å². The SMILES string of the molecule is CC(C)(F)Cc1cccc(C2(N=C=O)CC2)c1. The lowest BCUT2D eigenvalue weighted by Gasteiger charge is -2.16. The first-order valence-corrected chi connectivity index (χ1v) is 5.83. The average Bonchev–Trinajstić information content (AvgIpc) is 2.97. The molecule has 0 heterocycles. The first-order valence-electron chi connectivity index (χ1n) is 5.83. The van der Waals surface area contributed by atoms with Gasteiger partial charge in [-0.15, -0.1) is 0 Å². The van der Waals surface area contributed by atoms with Gasteiger partial charge < -0.3 is 0 Å². The van der Waals surface area contributed by atoms with E-state index < -0.39 is 5.67 Å². The lowest BCUT2D eigenvalue weighted by molar-refractivity contribution is 0.217. The van der Waals surface area contributed by atoms with E-state index in [0.29, 0.717) is 6.42 Å². The zero-order valence-corrected chi connectivity index (χ0v) is 10.2. The van der Waals surface area contributed by atoms with Crippen LogP contribution in [0.3, 0.4) is 0 Å². The number of carbonyl (C=O) groups excluding carboxylic acids is 1. The summed E-state index contributed by atoms with van der Waals surface area (Å²) in [4.78, 5) is 14.3. The van der Waals surface area contributed by atoms with Crippen LogP contribution in [0.4, 0.5) is 4.39 Å². The minimum atomic E-state index is -1.22. The van der Waals surface area contributed by atoms with E-state index in [1.54, 1.807) is 19.9 Å². The number of benzene rings is 1. The van der Waals surface area contributed by atoms with Gasteiger partial charge >= 0.3 is 0 Å². The summed E-state index contributed by atoms with van der Waals surface area (Å²) in [7, 11) is 0. The molecule has 0 bridgehead atoms. The van der Waals surface area contributed by atoms with E-state index in [4.69, 9.17) is 0 Å². The molecule has 90 valence electrons. The third kappa shape index (κ3) is 2.80. The third-order valence-electron chi connectivity index (χ3n) is 3.07. The van der Waals surface area contributed by atoms with E-state index in [2.05, 4.69) is 4.99 Å². The Morgan fingerprint density at radius 2 is 2.18 bits per heavy atom. The van der Waals surface area contributed by atoms with Gasteiger partial charge in [0.25, 0.3) is 0 Å². The van der Waals surface area contributed by atoms with E-state index in [1.165, 1.54) is 0 Å². The van der Waals surface area contributed by atoms with Crippen molar-refractivity contribution in [1.29, 1.82) is 0 Å². The second kappa shape index (κ2) is 4.08. The van der Waals surface area contributed by atoms with Crippen molar-refractivity contribution in [3.05, 3.63) is 35.4 Å². The number of hydrogen-bond donors (Lipinski definition) is 0. The Kier molecular flexibility index (Phi) is 2.88. The highest BCUT2D eigenvalue weighted by Gasteiger charge is 2.44. The van der Waals surface area contributed by atoms with Gasteiger partial charge in [0.2, 0.25) is 6.08 Å². The zero-order chi connectivity index (χ0) is 12.5. The van der Waals surface area contributed by atoms with Gasteiger partial charge in [-0.05, 0) is 37.8 Å². The molecule has 17 heavy (non-hydrogen) atoms. The molecule has 1 aliphatic rings. The maximum Gasteiger partial charge on any atom is 0.235 e.